The highest BCUT2D eigenvalue weighted by molar-refractivity contribution is 6.34. The molecule has 4 heteroatoms. The number of fused-ring (bicyclic) bond motifs is 2. The largest absolute Gasteiger partial charge is 0.368 e. The van der Waals surface area contributed by atoms with Crippen LogP contribution in [0.4, 0.5) is 5.69 Å². The minimum Gasteiger partial charge on any atom is -0.368 e. The van der Waals surface area contributed by atoms with E-state index in [1.807, 2.05) is 18.2 Å². The number of rotatable bonds is 4. The zero-order chi connectivity index (χ0) is 15.9. The maximum atomic E-state index is 12.6. The SMILES string of the molecule is C.O=C(NCC12CCCC(CCC1)C2)c1cc(N2CC2)ccc1Cl. The Bertz CT molecular complexity index is 602. The van der Waals surface area contributed by atoms with Gasteiger partial charge in [0, 0.05) is 25.3 Å². The minimum atomic E-state index is -0.0132. The van der Waals surface area contributed by atoms with E-state index >= 15 is 0 Å². The molecule has 2 saturated carbocycles. The minimum absolute atomic E-state index is 0. The summed E-state index contributed by atoms with van der Waals surface area (Å²) in [6, 6.07) is 5.78. The number of carbonyl (C=O) groups is 1. The van der Waals surface area contributed by atoms with E-state index in [2.05, 4.69) is 10.2 Å². The topological polar surface area (TPSA) is 32.1 Å². The van der Waals surface area contributed by atoms with Crippen molar-refractivity contribution in [3.63, 3.8) is 0 Å². The summed E-state index contributed by atoms with van der Waals surface area (Å²) in [6.45, 7) is 2.97. The molecule has 4 rings (SSSR count). The fourth-order valence-corrected chi connectivity index (χ4v) is 4.83. The third-order valence-electron chi connectivity index (χ3n) is 5.99. The molecule has 0 aromatic heterocycles. The number of carbonyl (C=O) groups excluding carboxylic acids is 1. The molecule has 1 heterocycles. The van der Waals surface area contributed by atoms with Crippen LogP contribution < -0.4 is 10.2 Å². The first-order valence-electron chi connectivity index (χ1n) is 8.98. The van der Waals surface area contributed by atoms with Gasteiger partial charge in [-0.05, 0) is 48.8 Å². The van der Waals surface area contributed by atoms with Crippen molar-refractivity contribution in [2.45, 2.75) is 52.4 Å². The molecule has 2 bridgehead atoms. The molecule has 132 valence electrons. The van der Waals surface area contributed by atoms with E-state index in [0.717, 1.165) is 31.2 Å². The zero-order valence-corrected chi connectivity index (χ0v) is 14.4. The van der Waals surface area contributed by atoms with Crippen LogP contribution in [0.3, 0.4) is 0 Å². The molecule has 1 aliphatic heterocycles. The molecular formula is C20H29ClN2O. The molecule has 0 radical (unpaired) electrons. The van der Waals surface area contributed by atoms with Gasteiger partial charge >= 0.3 is 0 Å². The standard InChI is InChI=1S/C19H25ClN2O.CH4/c20-17-6-5-15(22-9-10-22)11-16(17)18(23)21-13-19-7-1-3-14(12-19)4-2-8-19;/h5-6,11,14H,1-4,7-10,12-13H2,(H,21,23);1H4. The van der Waals surface area contributed by atoms with Gasteiger partial charge in [-0.15, -0.1) is 0 Å². The molecule has 24 heavy (non-hydrogen) atoms. The van der Waals surface area contributed by atoms with Crippen molar-refractivity contribution in [2.75, 3.05) is 24.5 Å². The third-order valence-corrected chi connectivity index (χ3v) is 6.32. The van der Waals surface area contributed by atoms with Crippen LogP contribution in [0.1, 0.15) is 62.7 Å². The molecule has 3 aliphatic rings. The van der Waals surface area contributed by atoms with E-state index in [1.165, 1.54) is 44.9 Å². The molecule has 2 aliphatic carbocycles. The van der Waals surface area contributed by atoms with Crippen molar-refractivity contribution in [1.82, 2.24) is 5.32 Å². The molecule has 3 nitrogen and oxygen atoms in total. The predicted octanol–water partition coefficient (Wildman–Crippen LogP) is 4.89. The number of hydrogen-bond donors (Lipinski definition) is 1. The Morgan fingerprint density at radius 2 is 1.96 bits per heavy atom. The number of halogens is 1. The van der Waals surface area contributed by atoms with Crippen molar-refractivity contribution >= 4 is 23.2 Å². The summed E-state index contributed by atoms with van der Waals surface area (Å²) < 4.78 is 0. The van der Waals surface area contributed by atoms with E-state index in [4.69, 9.17) is 11.6 Å². The van der Waals surface area contributed by atoms with E-state index in [0.29, 0.717) is 16.0 Å². The van der Waals surface area contributed by atoms with Crippen LogP contribution in [-0.4, -0.2) is 25.5 Å². The van der Waals surface area contributed by atoms with Crippen LogP contribution in [0.5, 0.6) is 0 Å². The van der Waals surface area contributed by atoms with Gasteiger partial charge in [-0.2, -0.15) is 0 Å². The van der Waals surface area contributed by atoms with Gasteiger partial charge in [0.05, 0.1) is 10.6 Å². The molecule has 1 amide bonds. The van der Waals surface area contributed by atoms with Crippen LogP contribution in [0.25, 0.3) is 0 Å². The van der Waals surface area contributed by atoms with Gasteiger partial charge in [-0.1, -0.05) is 44.7 Å². The van der Waals surface area contributed by atoms with E-state index in [9.17, 15) is 4.79 Å². The van der Waals surface area contributed by atoms with Gasteiger partial charge in [0.2, 0.25) is 0 Å². The quantitative estimate of drug-likeness (QED) is 0.786. The summed E-state index contributed by atoms with van der Waals surface area (Å²) >= 11 is 6.26. The lowest BCUT2D eigenvalue weighted by atomic mass is 9.62. The fourth-order valence-electron chi connectivity index (χ4n) is 4.63. The molecule has 3 fully saturated rings. The molecule has 1 aromatic rings. The molecular weight excluding hydrogens is 320 g/mol. The normalized spacial score (nSPS) is 28.0. The molecule has 0 unspecified atom stereocenters. The lowest BCUT2D eigenvalue weighted by molar-refractivity contribution is 0.0682. The second-order valence-electron chi connectivity index (χ2n) is 7.69. The van der Waals surface area contributed by atoms with E-state index in [1.54, 1.807) is 0 Å². The highest BCUT2D eigenvalue weighted by Gasteiger charge is 2.39. The summed E-state index contributed by atoms with van der Waals surface area (Å²) in [4.78, 5) is 14.9. The highest BCUT2D eigenvalue weighted by Crippen LogP contribution is 2.48. The van der Waals surface area contributed by atoms with Crippen LogP contribution in [-0.2, 0) is 0 Å². The summed E-state index contributed by atoms with van der Waals surface area (Å²) in [6.07, 6.45) is 9.27. The Balaban J connectivity index is 0.00000169. The Kier molecular flexibility index (Phi) is 5.10. The summed E-state index contributed by atoms with van der Waals surface area (Å²) in [5.74, 6) is 0.879. The summed E-state index contributed by atoms with van der Waals surface area (Å²) in [7, 11) is 0. The van der Waals surface area contributed by atoms with Crippen LogP contribution in [0, 0.1) is 11.3 Å². The van der Waals surface area contributed by atoms with Gasteiger partial charge in [-0.25, -0.2) is 0 Å². The monoisotopic (exact) mass is 348 g/mol. The van der Waals surface area contributed by atoms with Crippen molar-refractivity contribution in [1.29, 1.82) is 0 Å². The molecule has 1 aromatic carbocycles. The zero-order valence-electron chi connectivity index (χ0n) is 13.6. The van der Waals surface area contributed by atoms with Crippen molar-refractivity contribution in [3.8, 4) is 0 Å². The Morgan fingerprint density at radius 3 is 2.62 bits per heavy atom. The molecule has 1 N–H and O–H groups in total. The first-order valence-corrected chi connectivity index (χ1v) is 9.36. The average molecular weight is 349 g/mol. The predicted molar refractivity (Wildman–Crippen MR) is 101 cm³/mol. The second-order valence-corrected chi connectivity index (χ2v) is 8.10. The van der Waals surface area contributed by atoms with E-state index < -0.39 is 0 Å². The maximum absolute atomic E-state index is 12.6. The number of benzene rings is 1. The van der Waals surface area contributed by atoms with Crippen LogP contribution in [0.2, 0.25) is 5.02 Å². The molecule has 0 spiro atoms. The van der Waals surface area contributed by atoms with Gasteiger partial charge in [-0.3, -0.25) is 4.79 Å². The van der Waals surface area contributed by atoms with Gasteiger partial charge in [0.25, 0.3) is 5.91 Å². The first kappa shape index (κ1) is 17.6. The number of nitrogens with zero attached hydrogens (tertiary/aromatic N) is 1. The lowest BCUT2D eigenvalue weighted by Crippen LogP contribution is -2.43. The Morgan fingerprint density at radius 1 is 1.25 bits per heavy atom. The van der Waals surface area contributed by atoms with Gasteiger partial charge in [0.15, 0.2) is 0 Å². The van der Waals surface area contributed by atoms with E-state index in [-0.39, 0.29) is 13.3 Å². The average Bonchev–Trinajstić information content (AvgIpc) is 3.38. The van der Waals surface area contributed by atoms with Gasteiger partial charge in [0.1, 0.15) is 0 Å². The smallest absolute Gasteiger partial charge is 0.252 e. The number of amides is 1. The summed E-state index contributed by atoms with van der Waals surface area (Å²) in [5.41, 5.74) is 2.07. The molecule has 1 saturated heterocycles. The van der Waals surface area contributed by atoms with Crippen molar-refractivity contribution < 1.29 is 4.79 Å². The maximum Gasteiger partial charge on any atom is 0.252 e. The Hall–Kier alpha value is -1.22. The van der Waals surface area contributed by atoms with Gasteiger partial charge < -0.3 is 10.2 Å². The number of nitrogens with one attached hydrogen (secondary N) is 1. The highest BCUT2D eigenvalue weighted by atomic mass is 35.5. The number of hydrogen-bond acceptors (Lipinski definition) is 2. The van der Waals surface area contributed by atoms with Crippen LogP contribution >= 0.6 is 11.6 Å². The lowest BCUT2D eigenvalue weighted by Gasteiger charge is -2.45. The fraction of sp³-hybridized carbons (Fsp3) is 0.650. The van der Waals surface area contributed by atoms with Crippen LogP contribution in [0.15, 0.2) is 18.2 Å². The molecule has 0 atom stereocenters. The Labute approximate surface area is 150 Å². The second kappa shape index (κ2) is 6.95. The van der Waals surface area contributed by atoms with Crippen molar-refractivity contribution in [2.24, 2.45) is 11.3 Å². The number of anilines is 1. The third kappa shape index (κ3) is 3.56. The summed E-state index contributed by atoms with van der Waals surface area (Å²) in [5, 5.41) is 3.75. The first-order chi connectivity index (χ1) is 11.2. The van der Waals surface area contributed by atoms with Crippen molar-refractivity contribution in [3.05, 3.63) is 28.8 Å².